The molecule has 2 aromatic carbocycles. The lowest BCUT2D eigenvalue weighted by molar-refractivity contribution is 0.0917. The summed E-state index contributed by atoms with van der Waals surface area (Å²) in [5.41, 5.74) is 2.94. The number of ether oxygens (including phenoxy) is 1. The van der Waals surface area contributed by atoms with Gasteiger partial charge in [-0.3, -0.25) is 9.59 Å². The van der Waals surface area contributed by atoms with E-state index in [1.165, 1.54) is 0 Å². The van der Waals surface area contributed by atoms with Crippen molar-refractivity contribution in [2.24, 2.45) is 0 Å². The Morgan fingerprint density at radius 2 is 1.81 bits per heavy atom. The topological polar surface area (TPSA) is 67.4 Å². The molecule has 1 fully saturated rings. The van der Waals surface area contributed by atoms with Crippen LogP contribution in [-0.2, 0) is 0 Å². The van der Waals surface area contributed by atoms with Gasteiger partial charge < -0.3 is 15.4 Å². The van der Waals surface area contributed by atoms with Crippen LogP contribution >= 0.6 is 0 Å². The summed E-state index contributed by atoms with van der Waals surface area (Å²) in [6.07, 6.45) is 3.08. The highest BCUT2D eigenvalue weighted by Crippen LogP contribution is 2.44. The highest BCUT2D eigenvalue weighted by Gasteiger charge is 2.36. The summed E-state index contributed by atoms with van der Waals surface area (Å²) in [6, 6.07) is 13.8. The second-order valence-corrected chi connectivity index (χ2v) is 7.33. The van der Waals surface area contributed by atoms with E-state index in [1.54, 1.807) is 13.1 Å². The predicted octanol–water partition coefficient (Wildman–Crippen LogP) is 3.24. The van der Waals surface area contributed by atoms with Crippen molar-refractivity contribution >= 4 is 11.8 Å². The fourth-order valence-corrected chi connectivity index (χ4v) is 3.89. The van der Waals surface area contributed by atoms with Gasteiger partial charge in [0.1, 0.15) is 11.9 Å². The fraction of sp³-hybridized carbons (Fsp3) is 0.364. The zero-order valence-electron chi connectivity index (χ0n) is 15.6. The van der Waals surface area contributed by atoms with E-state index in [1.807, 2.05) is 31.2 Å². The van der Waals surface area contributed by atoms with Gasteiger partial charge in [-0.15, -0.1) is 0 Å². The number of fused-ring (bicyclic) bond motifs is 1. The van der Waals surface area contributed by atoms with E-state index >= 15 is 0 Å². The number of amides is 2. The lowest BCUT2D eigenvalue weighted by atomic mass is 9.86. The van der Waals surface area contributed by atoms with E-state index in [0.717, 1.165) is 30.4 Å². The first-order valence-corrected chi connectivity index (χ1v) is 9.51. The van der Waals surface area contributed by atoms with Gasteiger partial charge in [-0.2, -0.15) is 0 Å². The van der Waals surface area contributed by atoms with Gasteiger partial charge in [0.05, 0.1) is 5.56 Å². The quantitative estimate of drug-likeness (QED) is 0.875. The fourth-order valence-electron chi connectivity index (χ4n) is 3.89. The lowest BCUT2D eigenvalue weighted by Gasteiger charge is -2.26. The van der Waals surface area contributed by atoms with Crippen molar-refractivity contribution in [2.75, 3.05) is 7.05 Å². The molecule has 1 aliphatic heterocycles. The Hall–Kier alpha value is -2.82. The molecule has 1 aliphatic carbocycles. The number of nitrogens with one attached hydrogen (secondary N) is 2. The summed E-state index contributed by atoms with van der Waals surface area (Å²) >= 11 is 0. The average Bonchev–Trinajstić information content (AvgIpc) is 2.99. The second kappa shape index (κ2) is 7.06. The monoisotopic (exact) mass is 364 g/mol. The number of benzene rings is 2. The zero-order chi connectivity index (χ0) is 19.0. The molecule has 2 aliphatic rings. The molecule has 140 valence electrons. The lowest BCUT2D eigenvalue weighted by Crippen LogP contribution is -2.39. The first-order chi connectivity index (χ1) is 13.1. The Labute approximate surface area is 159 Å². The molecule has 0 saturated heterocycles. The van der Waals surface area contributed by atoms with E-state index in [0.29, 0.717) is 16.9 Å². The molecule has 2 amide bonds. The van der Waals surface area contributed by atoms with Gasteiger partial charge in [-0.25, -0.2) is 0 Å². The normalized spacial score (nSPS) is 21.0. The summed E-state index contributed by atoms with van der Waals surface area (Å²) in [4.78, 5) is 25.2. The van der Waals surface area contributed by atoms with Crippen LogP contribution in [0.3, 0.4) is 0 Å². The maximum atomic E-state index is 12.8. The third-order valence-corrected chi connectivity index (χ3v) is 5.56. The summed E-state index contributed by atoms with van der Waals surface area (Å²) in [5.74, 6) is 0.196. The summed E-state index contributed by atoms with van der Waals surface area (Å²) in [5, 5.41) is 5.72. The van der Waals surface area contributed by atoms with Crippen molar-refractivity contribution in [1.82, 2.24) is 10.6 Å². The Kier molecular flexibility index (Phi) is 4.60. The van der Waals surface area contributed by atoms with Crippen molar-refractivity contribution in [3.05, 3.63) is 64.7 Å². The van der Waals surface area contributed by atoms with Gasteiger partial charge in [0.2, 0.25) is 0 Å². The third-order valence-electron chi connectivity index (χ3n) is 5.56. The first-order valence-electron chi connectivity index (χ1n) is 9.51. The van der Waals surface area contributed by atoms with Crippen molar-refractivity contribution in [2.45, 2.75) is 44.2 Å². The van der Waals surface area contributed by atoms with Gasteiger partial charge in [0.25, 0.3) is 11.8 Å². The Balaban J connectivity index is 1.78. The largest absolute Gasteiger partial charge is 0.489 e. The van der Waals surface area contributed by atoms with Crippen LogP contribution in [-0.4, -0.2) is 31.0 Å². The molecule has 0 spiro atoms. The molecule has 0 radical (unpaired) electrons. The molecule has 1 saturated carbocycles. The van der Waals surface area contributed by atoms with E-state index in [-0.39, 0.29) is 29.9 Å². The molecule has 2 aromatic rings. The third kappa shape index (κ3) is 3.18. The number of rotatable bonds is 4. The van der Waals surface area contributed by atoms with Crippen LogP contribution in [0.4, 0.5) is 0 Å². The van der Waals surface area contributed by atoms with Crippen LogP contribution in [0, 0.1) is 0 Å². The van der Waals surface area contributed by atoms with Crippen molar-refractivity contribution < 1.29 is 14.3 Å². The smallest absolute Gasteiger partial charge is 0.254 e. The summed E-state index contributed by atoms with van der Waals surface area (Å²) in [6.45, 7) is 2.00. The van der Waals surface area contributed by atoms with Crippen molar-refractivity contribution in [1.29, 1.82) is 0 Å². The summed E-state index contributed by atoms with van der Waals surface area (Å²) in [7, 11) is 1.59. The van der Waals surface area contributed by atoms with Crippen LogP contribution in [0.25, 0.3) is 0 Å². The maximum absolute atomic E-state index is 12.8. The molecular formula is C22H24N2O3. The molecule has 1 heterocycles. The van der Waals surface area contributed by atoms with E-state index in [4.69, 9.17) is 4.74 Å². The van der Waals surface area contributed by atoms with Crippen molar-refractivity contribution in [3.8, 4) is 5.75 Å². The minimum Gasteiger partial charge on any atom is -0.489 e. The van der Waals surface area contributed by atoms with Crippen LogP contribution in [0.15, 0.2) is 42.5 Å². The number of carbonyl (C=O) groups is 2. The van der Waals surface area contributed by atoms with Gasteiger partial charge in [0, 0.05) is 30.1 Å². The molecule has 27 heavy (non-hydrogen) atoms. The molecular weight excluding hydrogens is 340 g/mol. The summed E-state index contributed by atoms with van der Waals surface area (Å²) < 4.78 is 6.08. The maximum Gasteiger partial charge on any atom is 0.254 e. The molecule has 2 atom stereocenters. The standard InChI is InChI=1S/C22H24N2O3/c1-13-19(14-7-4-3-5-8-14)17-11-15(21(25)24-16-9-6-10-16)12-18(20(17)27-13)22(26)23-2/h3-5,7-8,11-13,16,19H,6,9-10H2,1-2H3,(H,23,26)(H,24,25)/t13-,19-/m1/s1. The van der Waals surface area contributed by atoms with E-state index < -0.39 is 0 Å². The van der Waals surface area contributed by atoms with Gasteiger partial charge in [-0.1, -0.05) is 30.3 Å². The highest BCUT2D eigenvalue weighted by atomic mass is 16.5. The molecule has 5 heteroatoms. The molecule has 0 bridgehead atoms. The van der Waals surface area contributed by atoms with E-state index in [2.05, 4.69) is 22.8 Å². The van der Waals surface area contributed by atoms with Crippen LogP contribution in [0.2, 0.25) is 0 Å². The molecule has 4 rings (SSSR count). The Morgan fingerprint density at radius 1 is 1.07 bits per heavy atom. The second-order valence-electron chi connectivity index (χ2n) is 7.33. The Morgan fingerprint density at radius 3 is 2.44 bits per heavy atom. The average molecular weight is 364 g/mol. The Bertz CT molecular complexity index is 875. The minimum absolute atomic E-state index is 0.0129. The van der Waals surface area contributed by atoms with Gasteiger partial charge in [0.15, 0.2) is 0 Å². The molecule has 0 unspecified atom stereocenters. The molecule has 5 nitrogen and oxygen atoms in total. The molecule has 0 aromatic heterocycles. The minimum atomic E-state index is -0.245. The first kappa shape index (κ1) is 17.6. The highest BCUT2D eigenvalue weighted by molar-refractivity contribution is 6.02. The number of hydrogen-bond acceptors (Lipinski definition) is 3. The van der Waals surface area contributed by atoms with Gasteiger partial charge in [-0.05, 0) is 43.9 Å². The van der Waals surface area contributed by atoms with Crippen LogP contribution < -0.4 is 15.4 Å². The van der Waals surface area contributed by atoms with Crippen LogP contribution in [0.1, 0.15) is 63.9 Å². The zero-order valence-corrected chi connectivity index (χ0v) is 15.6. The number of carbonyl (C=O) groups excluding carboxylic acids is 2. The number of hydrogen-bond donors (Lipinski definition) is 2. The molecule has 2 N–H and O–H groups in total. The van der Waals surface area contributed by atoms with Crippen LogP contribution in [0.5, 0.6) is 5.75 Å². The van der Waals surface area contributed by atoms with Gasteiger partial charge >= 0.3 is 0 Å². The predicted molar refractivity (Wildman–Crippen MR) is 103 cm³/mol. The van der Waals surface area contributed by atoms with Crippen molar-refractivity contribution in [3.63, 3.8) is 0 Å². The van der Waals surface area contributed by atoms with E-state index in [9.17, 15) is 9.59 Å². The SMILES string of the molecule is CNC(=O)c1cc(C(=O)NC2CCC2)cc2c1O[C@H](C)[C@@H]2c1ccccc1.